The molecule has 0 unspecified atom stereocenters. The van der Waals surface area contributed by atoms with Crippen molar-refractivity contribution in [2.75, 3.05) is 0 Å². The van der Waals surface area contributed by atoms with Crippen LogP contribution in [-0.2, 0) is 0 Å². The molecular weight excluding hydrogens is 494 g/mol. The van der Waals surface area contributed by atoms with Gasteiger partial charge in [-0.3, -0.25) is 4.98 Å². The largest absolute Gasteiger partial charge is 0.309 e. The molecule has 0 aliphatic rings. The first kappa shape index (κ1) is 21.1. The minimum atomic E-state index is 1.04. The predicted octanol–water partition coefficient (Wildman–Crippen LogP) is 9.64. The first-order valence-corrected chi connectivity index (χ1v) is 14.0. The summed E-state index contributed by atoms with van der Waals surface area (Å²) in [6.45, 7) is 0. The molecule has 0 atom stereocenters. The molecule has 0 fully saturated rings. The molecule has 4 heterocycles. The monoisotopic (exact) mass is 515 g/mol. The molecule has 3 nitrogen and oxygen atoms in total. The van der Waals surface area contributed by atoms with Gasteiger partial charge in [-0.05, 0) is 66.7 Å². The molecule has 9 aromatic rings. The summed E-state index contributed by atoms with van der Waals surface area (Å²) in [5.41, 5.74) is 8.12. The quantitative estimate of drug-likeness (QED) is 0.225. The molecule has 0 spiro atoms. The molecular formula is C35H21N3S. The molecule has 9 rings (SSSR count). The first-order valence-electron chi connectivity index (χ1n) is 13.2. The maximum atomic E-state index is 4.83. The van der Waals surface area contributed by atoms with E-state index in [-0.39, 0.29) is 0 Å². The Labute approximate surface area is 227 Å². The average Bonchev–Trinajstić information content (AvgIpc) is 3.65. The highest BCUT2D eigenvalue weighted by molar-refractivity contribution is 7.26. The maximum Gasteiger partial charge on any atom is 0.0963 e. The topological polar surface area (TPSA) is 22.8 Å². The van der Waals surface area contributed by atoms with E-state index in [4.69, 9.17) is 4.98 Å². The number of nitrogens with zero attached hydrogens (tertiary/aromatic N) is 3. The third-order valence-electron chi connectivity index (χ3n) is 7.97. The highest BCUT2D eigenvalue weighted by atomic mass is 32.1. The number of thiophene rings is 1. The van der Waals surface area contributed by atoms with Crippen molar-refractivity contribution in [2.45, 2.75) is 0 Å². The fourth-order valence-corrected chi connectivity index (χ4v) is 7.46. The zero-order valence-electron chi connectivity index (χ0n) is 20.9. The van der Waals surface area contributed by atoms with Crippen molar-refractivity contribution in [3.63, 3.8) is 0 Å². The summed E-state index contributed by atoms with van der Waals surface area (Å²) in [4.78, 5) is 4.83. The molecule has 4 aromatic heterocycles. The van der Waals surface area contributed by atoms with Gasteiger partial charge in [0.1, 0.15) is 0 Å². The van der Waals surface area contributed by atoms with Gasteiger partial charge in [0.15, 0.2) is 0 Å². The number of rotatable bonds is 2. The number of hydrogen-bond acceptors (Lipinski definition) is 2. The zero-order valence-corrected chi connectivity index (χ0v) is 21.7. The lowest BCUT2D eigenvalue weighted by Gasteiger charge is -2.12. The number of hydrogen-bond donors (Lipinski definition) is 0. The van der Waals surface area contributed by atoms with Crippen molar-refractivity contribution in [3.05, 3.63) is 128 Å². The van der Waals surface area contributed by atoms with Gasteiger partial charge in [0, 0.05) is 53.9 Å². The van der Waals surface area contributed by atoms with E-state index in [0.717, 1.165) is 22.4 Å². The third kappa shape index (κ3) is 2.84. The Hall–Kier alpha value is -4.93. The summed E-state index contributed by atoms with van der Waals surface area (Å²) in [5, 5.41) is 6.34. The summed E-state index contributed by atoms with van der Waals surface area (Å²) < 4.78 is 7.38. The molecule has 5 aromatic carbocycles. The molecule has 0 saturated heterocycles. The van der Waals surface area contributed by atoms with E-state index in [1.165, 1.54) is 52.9 Å². The van der Waals surface area contributed by atoms with E-state index in [1.807, 2.05) is 23.6 Å². The van der Waals surface area contributed by atoms with Crippen molar-refractivity contribution in [1.82, 2.24) is 14.1 Å². The van der Waals surface area contributed by atoms with Gasteiger partial charge in [0.25, 0.3) is 0 Å². The van der Waals surface area contributed by atoms with Gasteiger partial charge in [0.2, 0.25) is 0 Å². The van der Waals surface area contributed by atoms with Crippen LogP contribution in [0.25, 0.3) is 75.3 Å². The van der Waals surface area contributed by atoms with E-state index in [1.54, 1.807) is 0 Å². The number of pyridine rings is 1. The standard InChI is InChI=1S/C35H21N3S/c1-4-11-28-24(8-1)25-9-2-5-12-29(25)37(28)22-15-17-23(18-16-22)38-30-13-7-21-36-34(30)27-19-20-32-33(35(27)38)26-10-3-6-14-31(26)39-32/h1-21H. The highest BCUT2D eigenvalue weighted by Crippen LogP contribution is 2.42. The van der Waals surface area contributed by atoms with Gasteiger partial charge >= 0.3 is 0 Å². The number of benzene rings is 5. The van der Waals surface area contributed by atoms with Crippen molar-refractivity contribution in [3.8, 4) is 11.4 Å². The van der Waals surface area contributed by atoms with Crippen LogP contribution in [0.15, 0.2) is 128 Å². The maximum absolute atomic E-state index is 4.83. The summed E-state index contributed by atoms with van der Waals surface area (Å²) in [6, 6.07) is 43.7. The van der Waals surface area contributed by atoms with Gasteiger partial charge in [-0.25, -0.2) is 0 Å². The second-order valence-corrected chi connectivity index (χ2v) is 11.1. The molecule has 4 heteroatoms. The Kier molecular flexibility index (Phi) is 4.21. The molecule has 39 heavy (non-hydrogen) atoms. The lowest BCUT2D eigenvalue weighted by atomic mass is 10.1. The van der Waals surface area contributed by atoms with Gasteiger partial charge in [-0.1, -0.05) is 54.6 Å². The van der Waals surface area contributed by atoms with E-state index >= 15 is 0 Å². The fraction of sp³-hybridized carbons (Fsp3) is 0. The molecule has 0 radical (unpaired) electrons. The van der Waals surface area contributed by atoms with Gasteiger partial charge in [-0.2, -0.15) is 0 Å². The summed E-state index contributed by atoms with van der Waals surface area (Å²) in [6.07, 6.45) is 1.90. The van der Waals surface area contributed by atoms with Crippen LogP contribution in [-0.4, -0.2) is 14.1 Å². The number of fused-ring (bicyclic) bond motifs is 10. The van der Waals surface area contributed by atoms with Gasteiger partial charge in [-0.15, -0.1) is 11.3 Å². The molecule has 0 N–H and O–H groups in total. The van der Waals surface area contributed by atoms with Crippen molar-refractivity contribution < 1.29 is 0 Å². The van der Waals surface area contributed by atoms with Crippen LogP contribution >= 0.6 is 11.3 Å². The number of para-hydroxylation sites is 2. The summed E-state index contributed by atoms with van der Waals surface area (Å²) in [7, 11) is 0. The Bertz CT molecular complexity index is 2330. The predicted molar refractivity (Wildman–Crippen MR) is 166 cm³/mol. The van der Waals surface area contributed by atoms with Crippen LogP contribution in [0, 0.1) is 0 Å². The Morgan fingerprint density at radius 3 is 1.82 bits per heavy atom. The fourth-order valence-electron chi connectivity index (χ4n) is 6.35. The first-order chi connectivity index (χ1) is 19.4. The van der Waals surface area contributed by atoms with E-state index in [9.17, 15) is 0 Å². The van der Waals surface area contributed by atoms with Crippen LogP contribution in [0.2, 0.25) is 0 Å². The third-order valence-corrected chi connectivity index (χ3v) is 9.10. The minimum absolute atomic E-state index is 1.04. The molecule has 0 saturated carbocycles. The van der Waals surface area contributed by atoms with Crippen LogP contribution in [0.3, 0.4) is 0 Å². The average molecular weight is 516 g/mol. The second kappa shape index (κ2) is 7.79. The van der Waals surface area contributed by atoms with Crippen LogP contribution in [0.4, 0.5) is 0 Å². The van der Waals surface area contributed by atoms with Gasteiger partial charge < -0.3 is 9.13 Å². The van der Waals surface area contributed by atoms with Crippen molar-refractivity contribution >= 4 is 75.3 Å². The summed E-state index contributed by atoms with van der Waals surface area (Å²) in [5.74, 6) is 0. The Balaban J connectivity index is 1.34. The normalized spacial score (nSPS) is 12.1. The molecule has 182 valence electrons. The zero-order chi connectivity index (χ0) is 25.5. The van der Waals surface area contributed by atoms with E-state index in [0.29, 0.717) is 0 Å². The molecule has 0 amide bonds. The smallest absolute Gasteiger partial charge is 0.0963 e. The lowest BCUT2D eigenvalue weighted by molar-refractivity contribution is 1.15. The SMILES string of the molecule is c1ccc2c(c1)sc1ccc3c4ncccc4n(-c4ccc(-n5c6ccccc6c6ccccc65)cc4)c3c12. The Morgan fingerprint density at radius 2 is 1.08 bits per heavy atom. The molecule has 0 aliphatic heterocycles. The second-order valence-electron chi connectivity index (χ2n) is 10.0. The van der Waals surface area contributed by atoms with Gasteiger partial charge in [0.05, 0.1) is 27.6 Å². The molecule has 0 bridgehead atoms. The Morgan fingerprint density at radius 1 is 0.462 bits per heavy atom. The number of aromatic nitrogens is 3. The van der Waals surface area contributed by atoms with Crippen LogP contribution in [0.1, 0.15) is 0 Å². The summed E-state index contributed by atoms with van der Waals surface area (Å²) >= 11 is 1.86. The van der Waals surface area contributed by atoms with Crippen LogP contribution < -0.4 is 0 Å². The van der Waals surface area contributed by atoms with E-state index in [2.05, 4.69) is 124 Å². The van der Waals surface area contributed by atoms with Crippen molar-refractivity contribution in [2.24, 2.45) is 0 Å². The van der Waals surface area contributed by atoms with E-state index < -0.39 is 0 Å². The van der Waals surface area contributed by atoms with Crippen LogP contribution in [0.5, 0.6) is 0 Å². The lowest BCUT2D eigenvalue weighted by Crippen LogP contribution is -1.97. The highest BCUT2D eigenvalue weighted by Gasteiger charge is 2.19. The minimum Gasteiger partial charge on any atom is -0.309 e. The molecule has 0 aliphatic carbocycles. The van der Waals surface area contributed by atoms with Crippen molar-refractivity contribution in [1.29, 1.82) is 0 Å².